The lowest BCUT2D eigenvalue weighted by Crippen LogP contribution is -2.52. The molecule has 1 aliphatic rings. The van der Waals surface area contributed by atoms with Crippen molar-refractivity contribution < 1.29 is 4.79 Å². The summed E-state index contributed by atoms with van der Waals surface area (Å²) >= 11 is 0. The highest BCUT2D eigenvalue weighted by atomic mass is 16.2. The molecule has 1 saturated heterocycles. The number of nitrogens with one attached hydrogen (secondary N) is 2. The minimum Gasteiger partial charge on any atom is -0.337 e. The summed E-state index contributed by atoms with van der Waals surface area (Å²) < 4.78 is 0. The molecule has 2 rings (SSSR count). The molecule has 6 heteroatoms. The predicted molar refractivity (Wildman–Crippen MR) is 84.0 cm³/mol. The van der Waals surface area contributed by atoms with E-state index in [0.717, 1.165) is 25.9 Å². The molecule has 0 saturated carbocycles. The number of likely N-dealkylation sites (tertiary alicyclic amines) is 1. The van der Waals surface area contributed by atoms with Crippen molar-refractivity contribution in [3.63, 3.8) is 0 Å². The molecule has 1 aliphatic heterocycles. The summed E-state index contributed by atoms with van der Waals surface area (Å²) in [5.74, 6) is 0.533. The predicted octanol–water partition coefficient (Wildman–Crippen LogP) is 1.64. The number of carbonyl (C=O) groups is 1. The van der Waals surface area contributed by atoms with Gasteiger partial charge in [-0.05, 0) is 50.3 Å². The van der Waals surface area contributed by atoms with Crippen LogP contribution in [0, 0.1) is 17.2 Å². The van der Waals surface area contributed by atoms with Crippen LogP contribution in [0.5, 0.6) is 0 Å². The van der Waals surface area contributed by atoms with Crippen molar-refractivity contribution in [2.24, 2.45) is 5.92 Å². The molecule has 0 radical (unpaired) electrons. The molecule has 120 valence electrons. The van der Waals surface area contributed by atoms with Gasteiger partial charge in [0.2, 0.25) is 5.91 Å². The van der Waals surface area contributed by atoms with Gasteiger partial charge in [-0.2, -0.15) is 10.4 Å². The summed E-state index contributed by atoms with van der Waals surface area (Å²) in [5, 5.41) is 19.0. The maximum atomic E-state index is 12.2. The quantitative estimate of drug-likeness (QED) is 0.866. The third kappa shape index (κ3) is 3.86. The fourth-order valence-corrected chi connectivity index (χ4v) is 2.74. The van der Waals surface area contributed by atoms with E-state index in [0.29, 0.717) is 12.5 Å². The largest absolute Gasteiger partial charge is 0.337 e. The maximum Gasteiger partial charge on any atom is 0.235 e. The number of H-pyrrole nitrogens is 1. The van der Waals surface area contributed by atoms with Crippen LogP contribution in [-0.4, -0.2) is 46.2 Å². The first-order chi connectivity index (χ1) is 10.4. The zero-order valence-electron chi connectivity index (χ0n) is 13.6. The molecule has 1 fully saturated rings. The van der Waals surface area contributed by atoms with Gasteiger partial charge in [0.25, 0.3) is 0 Å². The highest BCUT2D eigenvalue weighted by molar-refractivity contribution is 5.79. The fraction of sp³-hybridized carbons (Fsp3) is 0.688. The lowest BCUT2D eigenvalue weighted by molar-refractivity contribution is -0.124. The summed E-state index contributed by atoms with van der Waals surface area (Å²) in [5.41, 5.74) is 0.451. The van der Waals surface area contributed by atoms with E-state index in [1.807, 2.05) is 26.2 Å². The van der Waals surface area contributed by atoms with Crippen molar-refractivity contribution in [2.75, 3.05) is 19.6 Å². The Bertz CT molecular complexity index is 525. The van der Waals surface area contributed by atoms with Crippen LogP contribution < -0.4 is 5.32 Å². The van der Waals surface area contributed by atoms with Crippen molar-refractivity contribution in [1.82, 2.24) is 20.4 Å². The van der Waals surface area contributed by atoms with E-state index in [-0.39, 0.29) is 11.8 Å². The van der Waals surface area contributed by atoms with Crippen LogP contribution in [-0.2, 0) is 4.79 Å². The van der Waals surface area contributed by atoms with Crippen LogP contribution >= 0.6 is 0 Å². The van der Waals surface area contributed by atoms with Crippen LogP contribution in [0.4, 0.5) is 0 Å². The lowest BCUT2D eigenvalue weighted by Gasteiger charge is -2.33. The molecule has 1 aromatic heterocycles. The molecule has 22 heavy (non-hydrogen) atoms. The van der Waals surface area contributed by atoms with Gasteiger partial charge in [0.05, 0.1) is 18.8 Å². The number of carbonyl (C=O) groups excluding carboxylic acids is 1. The van der Waals surface area contributed by atoms with Gasteiger partial charge in [-0.25, -0.2) is 0 Å². The van der Waals surface area contributed by atoms with Gasteiger partial charge >= 0.3 is 0 Å². The molecule has 0 bridgehead atoms. The highest BCUT2D eigenvalue weighted by Crippen LogP contribution is 2.26. The number of aromatic nitrogens is 2. The smallest absolute Gasteiger partial charge is 0.235 e. The number of hydrogen-bond donors (Lipinski definition) is 2. The van der Waals surface area contributed by atoms with Crippen molar-refractivity contribution in [1.29, 1.82) is 5.26 Å². The van der Waals surface area contributed by atoms with Crippen LogP contribution in [0.1, 0.15) is 45.1 Å². The van der Waals surface area contributed by atoms with Gasteiger partial charge in [-0.3, -0.25) is 14.8 Å². The maximum absolute atomic E-state index is 12.2. The lowest BCUT2D eigenvalue weighted by atomic mass is 9.90. The van der Waals surface area contributed by atoms with E-state index in [1.54, 1.807) is 6.92 Å². The van der Waals surface area contributed by atoms with Gasteiger partial charge in [-0.1, -0.05) is 13.8 Å². The number of amides is 1. The summed E-state index contributed by atoms with van der Waals surface area (Å²) in [6.45, 7) is 7.82. The van der Waals surface area contributed by atoms with Crippen LogP contribution in [0.15, 0.2) is 12.4 Å². The van der Waals surface area contributed by atoms with E-state index >= 15 is 0 Å². The second-order valence-electron chi connectivity index (χ2n) is 6.60. The van der Waals surface area contributed by atoms with Crippen LogP contribution in [0.25, 0.3) is 0 Å². The molecular formula is C16H25N5O. The Morgan fingerprint density at radius 1 is 1.59 bits per heavy atom. The zero-order chi connectivity index (χ0) is 16.2. The SMILES string of the molecule is CC(C)C(C)(C#N)NC(=O)CN1CCC(c2cn[nH]c2)CC1. The van der Waals surface area contributed by atoms with Gasteiger partial charge in [0.1, 0.15) is 5.54 Å². The molecule has 1 unspecified atom stereocenters. The number of piperidine rings is 1. The third-order valence-corrected chi connectivity index (χ3v) is 4.73. The molecule has 1 amide bonds. The van der Waals surface area contributed by atoms with E-state index < -0.39 is 5.54 Å². The Kier molecular flexibility index (Phi) is 5.19. The topological polar surface area (TPSA) is 84.8 Å². The molecule has 0 spiro atoms. The van der Waals surface area contributed by atoms with Gasteiger partial charge in [0, 0.05) is 6.20 Å². The number of rotatable bonds is 5. The Hall–Kier alpha value is -1.87. The van der Waals surface area contributed by atoms with E-state index in [9.17, 15) is 10.1 Å². The van der Waals surface area contributed by atoms with E-state index in [4.69, 9.17) is 0 Å². The molecule has 2 heterocycles. The normalized spacial score (nSPS) is 19.6. The summed E-state index contributed by atoms with van der Waals surface area (Å²) in [6, 6.07) is 2.21. The first-order valence-corrected chi connectivity index (χ1v) is 7.88. The Labute approximate surface area is 131 Å². The van der Waals surface area contributed by atoms with Crippen LogP contribution in [0.3, 0.4) is 0 Å². The molecule has 1 atom stereocenters. The van der Waals surface area contributed by atoms with Gasteiger partial charge < -0.3 is 5.32 Å². The van der Waals surface area contributed by atoms with Crippen molar-refractivity contribution >= 4 is 5.91 Å². The average Bonchev–Trinajstić information content (AvgIpc) is 3.01. The monoisotopic (exact) mass is 303 g/mol. The van der Waals surface area contributed by atoms with E-state index in [1.165, 1.54) is 5.56 Å². The Balaban J connectivity index is 1.81. The highest BCUT2D eigenvalue weighted by Gasteiger charge is 2.31. The first-order valence-electron chi connectivity index (χ1n) is 7.88. The zero-order valence-corrected chi connectivity index (χ0v) is 13.6. The third-order valence-electron chi connectivity index (χ3n) is 4.73. The minimum absolute atomic E-state index is 0.0699. The molecular weight excluding hydrogens is 278 g/mol. The number of nitrogens with zero attached hydrogens (tertiary/aromatic N) is 3. The number of hydrogen-bond acceptors (Lipinski definition) is 4. The average molecular weight is 303 g/mol. The van der Waals surface area contributed by atoms with Gasteiger partial charge in [-0.15, -0.1) is 0 Å². The molecule has 0 aromatic carbocycles. The second-order valence-corrected chi connectivity index (χ2v) is 6.60. The summed E-state index contributed by atoms with van der Waals surface area (Å²) in [4.78, 5) is 14.3. The van der Waals surface area contributed by atoms with Crippen molar-refractivity contribution in [3.8, 4) is 6.07 Å². The molecule has 6 nitrogen and oxygen atoms in total. The summed E-state index contributed by atoms with van der Waals surface area (Å²) in [6.07, 6.45) is 5.90. The fourth-order valence-electron chi connectivity index (χ4n) is 2.74. The first kappa shape index (κ1) is 16.5. The minimum atomic E-state index is -0.799. The number of nitriles is 1. The van der Waals surface area contributed by atoms with Crippen molar-refractivity contribution in [2.45, 2.75) is 45.1 Å². The number of aromatic amines is 1. The second kappa shape index (κ2) is 6.93. The van der Waals surface area contributed by atoms with Crippen molar-refractivity contribution in [3.05, 3.63) is 18.0 Å². The molecule has 0 aliphatic carbocycles. The Morgan fingerprint density at radius 3 is 2.77 bits per heavy atom. The van der Waals surface area contributed by atoms with Gasteiger partial charge in [0.15, 0.2) is 0 Å². The van der Waals surface area contributed by atoms with E-state index in [2.05, 4.69) is 26.5 Å². The molecule has 2 N–H and O–H groups in total. The Morgan fingerprint density at radius 2 is 2.27 bits per heavy atom. The van der Waals surface area contributed by atoms with Crippen LogP contribution in [0.2, 0.25) is 0 Å². The standard InChI is InChI=1S/C16H25N5O/c1-12(2)16(3,11-17)20-15(22)10-21-6-4-13(5-7-21)14-8-18-19-9-14/h8-9,12-13H,4-7,10H2,1-3H3,(H,18,19)(H,20,22). The summed E-state index contributed by atoms with van der Waals surface area (Å²) in [7, 11) is 0. The molecule has 1 aromatic rings.